The van der Waals surface area contributed by atoms with Gasteiger partial charge in [0.15, 0.2) is 0 Å². The Morgan fingerprint density at radius 3 is 2.50 bits per heavy atom. The monoisotopic (exact) mass is 499 g/mol. The minimum Gasteiger partial charge on any atom is -0.444 e. The summed E-state index contributed by atoms with van der Waals surface area (Å²) in [5, 5.41) is 8.09. The zero-order valence-electron chi connectivity index (χ0n) is 20.9. The molecule has 1 atom stereocenters. The summed E-state index contributed by atoms with van der Waals surface area (Å²) in [5.74, 6) is -0.988. The summed E-state index contributed by atoms with van der Waals surface area (Å²) < 4.78 is 5.40. The van der Waals surface area contributed by atoms with Crippen LogP contribution < -0.4 is 16.0 Å². The summed E-state index contributed by atoms with van der Waals surface area (Å²) in [6, 6.07) is 4.36. The molecule has 0 saturated carbocycles. The highest BCUT2D eigenvalue weighted by Gasteiger charge is 2.39. The molecule has 0 radical (unpaired) electrons. The highest BCUT2D eigenvalue weighted by Crippen LogP contribution is 2.28. The Morgan fingerprint density at radius 2 is 1.83 bits per heavy atom. The van der Waals surface area contributed by atoms with Gasteiger partial charge in [0.2, 0.25) is 11.8 Å². The molecule has 0 aliphatic carbocycles. The zero-order valence-corrected chi connectivity index (χ0v) is 20.9. The van der Waals surface area contributed by atoms with Crippen LogP contribution in [0.1, 0.15) is 67.9 Å². The Labute approximate surface area is 209 Å². The first-order valence-electron chi connectivity index (χ1n) is 12.3. The topological polar surface area (TPSA) is 137 Å². The quantitative estimate of drug-likeness (QED) is 0.539. The Bertz CT molecular complexity index is 1070. The molecule has 1 aromatic rings. The van der Waals surface area contributed by atoms with Crippen molar-refractivity contribution in [2.75, 3.05) is 13.1 Å². The maximum Gasteiger partial charge on any atom is 0.410 e. The van der Waals surface area contributed by atoms with Gasteiger partial charge >= 0.3 is 12.1 Å². The molecular weight excluding hydrogens is 466 g/mol. The fourth-order valence-electron chi connectivity index (χ4n) is 4.69. The minimum absolute atomic E-state index is 0.0385. The van der Waals surface area contributed by atoms with Crippen molar-refractivity contribution < 1.29 is 28.7 Å². The van der Waals surface area contributed by atoms with Crippen LogP contribution in [-0.2, 0) is 27.4 Å². The predicted octanol–water partition coefficient (Wildman–Crippen LogP) is 1.65. The molecule has 11 nitrogen and oxygen atoms in total. The Kier molecular flexibility index (Phi) is 7.18. The number of amides is 6. The molecule has 6 amide bonds. The number of urea groups is 1. The number of fused-ring (bicyclic) bond motifs is 1. The first-order chi connectivity index (χ1) is 17.0. The lowest BCUT2D eigenvalue weighted by Crippen LogP contribution is -2.52. The second-order valence-corrected chi connectivity index (χ2v) is 10.5. The smallest absolute Gasteiger partial charge is 0.410 e. The number of imide groups is 1. The number of likely N-dealkylation sites (tertiary alicyclic amines) is 1. The molecule has 0 spiro atoms. The van der Waals surface area contributed by atoms with Crippen molar-refractivity contribution in [2.24, 2.45) is 0 Å². The summed E-state index contributed by atoms with van der Waals surface area (Å²) in [5.41, 5.74) is 1.62. The van der Waals surface area contributed by atoms with Crippen molar-refractivity contribution >= 4 is 29.8 Å². The number of benzene rings is 1. The van der Waals surface area contributed by atoms with Crippen LogP contribution in [0.3, 0.4) is 0 Å². The molecule has 3 aliphatic heterocycles. The number of hydrogen-bond donors (Lipinski definition) is 3. The van der Waals surface area contributed by atoms with Crippen molar-refractivity contribution in [3.63, 3.8) is 0 Å². The van der Waals surface area contributed by atoms with E-state index in [4.69, 9.17) is 4.74 Å². The fourth-order valence-corrected chi connectivity index (χ4v) is 4.69. The zero-order chi connectivity index (χ0) is 26.0. The van der Waals surface area contributed by atoms with Gasteiger partial charge in [-0.25, -0.2) is 9.59 Å². The van der Waals surface area contributed by atoms with Gasteiger partial charge in [-0.1, -0.05) is 12.1 Å². The van der Waals surface area contributed by atoms with E-state index < -0.39 is 17.6 Å². The second-order valence-electron chi connectivity index (χ2n) is 10.5. The lowest BCUT2D eigenvalue weighted by molar-refractivity contribution is -0.136. The first kappa shape index (κ1) is 25.5. The summed E-state index contributed by atoms with van der Waals surface area (Å²) in [7, 11) is 0. The van der Waals surface area contributed by atoms with Gasteiger partial charge in [-0.3, -0.25) is 19.7 Å². The van der Waals surface area contributed by atoms with E-state index in [1.165, 1.54) is 4.90 Å². The molecule has 1 unspecified atom stereocenters. The van der Waals surface area contributed by atoms with Gasteiger partial charge < -0.3 is 25.2 Å². The van der Waals surface area contributed by atoms with Crippen LogP contribution in [0.25, 0.3) is 0 Å². The van der Waals surface area contributed by atoms with Crippen LogP contribution in [0.5, 0.6) is 0 Å². The van der Waals surface area contributed by atoms with Gasteiger partial charge in [0, 0.05) is 44.2 Å². The van der Waals surface area contributed by atoms with Gasteiger partial charge in [0.1, 0.15) is 11.6 Å². The van der Waals surface area contributed by atoms with Crippen LogP contribution in [0.15, 0.2) is 18.2 Å². The molecule has 11 heteroatoms. The van der Waals surface area contributed by atoms with Gasteiger partial charge in [-0.2, -0.15) is 0 Å². The lowest BCUT2D eigenvalue weighted by Gasteiger charge is -2.33. The van der Waals surface area contributed by atoms with Crippen molar-refractivity contribution in [3.8, 4) is 0 Å². The van der Waals surface area contributed by atoms with Crippen LogP contribution in [0.4, 0.5) is 9.59 Å². The van der Waals surface area contributed by atoms with Gasteiger partial charge in [0.25, 0.3) is 5.91 Å². The standard InChI is InChI=1S/C25H33N5O6/c1-25(2,3)36-24(35)29-10-8-17(9-11-29)27-23(34)26-13-15-4-5-18-16(12-15)14-30(22(18)33)19-6-7-20(31)28-21(19)32/h4-5,12,17,19H,6-11,13-14H2,1-3H3,(H2,26,27,34)(H,28,31,32). The fraction of sp³-hybridized carbons (Fsp3) is 0.560. The molecule has 3 N–H and O–H groups in total. The highest BCUT2D eigenvalue weighted by molar-refractivity contribution is 6.05. The van der Waals surface area contributed by atoms with E-state index in [1.54, 1.807) is 17.0 Å². The molecule has 36 heavy (non-hydrogen) atoms. The average Bonchev–Trinajstić information content (AvgIpc) is 3.12. The third-order valence-corrected chi connectivity index (χ3v) is 6.52. The van der Waals surface area contributed by atoms with E-state index >= 15 is 0 Å². The van der Waals surface area contributed by atoms with E-state index in [9.17, 15) is 24.0 Å². The Morgan fingerprint density at radius 1 is 1.11 bits per heavy atom. The predicted molar refractivity (Wildman–Crippen MR) is 129 cm³/mol. The number of piperidine rings is 2. The largest absolute Gasteiger partial charge is 0.444 e. The number of ether oxygens (including phenoxy) is 1. The second kappa shape index (κ2) is 10.2. The molecule has 1 aromatic carbocycles. The van der Waals surface area contributed by atoms with Crippen molar-refractivity contribution in [3.05, 3.63) is 34.9 Å². The minimum atomic E-state index is -0.656. The van der Waals surface area contributed by atoms with Crippen molar-refractivity contribution in [1.29, 1.82) is 0 Å². The molecule has 3 heterocycles. The summed E-state index contributed by atoms with van der Waals surface area (Å²) in [6.45, 7) is 7.09. The molecule has 0 bridgehead atoms. The summed E-state index contributed by atoms with van der Waals surface area (Å²) >= 11 is 0. The Balaban J connectivity index is 1.24. The normalized spacial score (nSPS) is 20.6. The van der Waals surface area contributed by atoms with Gasteiger partial charge in [-0.05, 0) is 57.2 Å². The first-order valence-corrected chi connectivity index (χ1v) is 12.3. The SMILES string of the molecule is CC(C)(C)OC(=O)N1CCC(NC(=O)NCc2ccc3c(c2)CN(C2CCC(=O)NC2=O)C3=O)CC1. The van der Waals surface area contributed by atoms with Crippen LogP contribution in [-0.4, -0.2) is 70.4 Å². The molecule has 0 aromatic heterocycles. The van der Waals surface area contributed by atoms with Gasteiger partial charge in [-0.15, -0.1) is 0 Å². The van der Waals surface area contributed by atoms with E-state index in [1.807, 2.05) is 26.8 Å². The Hall–Kier alpha value is -3.63. The maximum atomic E-state index is 12.8. The molecule has 4 rings (SSSR count). The van der Waals surface area contributed by atoms with E-state index in [-0.39, 0.29) is 49.5 Å². The maximum absolute atomic E-state index is 12.8. The lowest BCUT2D eigenvalue weighted by atomic mass is 10.0. The van der Waals surface area contributed by atoms with Crippen LogP contribution in [0, 0.1) is 0 Å². The third-order valence-electron chi connectivity index (χ3n) is 6.52. The number of carbonyl (C=O) groups is 5. The van der Waals surface area contributed by atoms with E-state index in [2.05, 4.69) is 16.0 Å². The van der Waals surface area contributed by atoms with E-state index in [0.29, 0.717) is 37.9 Å². The third kappa shape index (κ3) is 5.95. The van der Waals surface area contributed by atoms with E-state index in [0.717, 1.165) is 11.1 Å². The summed E-state index contributed by atoms with van der Waals surface area (Å²) in [6.07, 6.45) is 1.47. The number of nitrogens with zero attached hydrogens (tertiary/aromatic N) is 2. The molecule has 2 fully saturated rings. The molecule has 194 valence electrons. The number of hydrogen-bond acceptors (Lipinski definition) is 6. The number of carbonyl (C=O) groups excluding carboxylic acids is 5. The molecular formula is C25H33N5O6. The van der Waals surface area contributed by atoms with Crippen molar-refractivity contribution in [1.82, 2.24) is 25.8 Å². The molecule has 2 saturated heterocycles. The van der Waals surface area contributed by atoms with Crippen LogP contribution in [0.2, 0.25) is 0 Å². The highest BCUT2D eigenvalue weighted by atomic mass is 16.6. The van der Waals surface area contributed by atoms with Gasteiger partial charge in [0.05, 0.1) is 0 Å². The molecule has 3 aliphatic rings. The number of nitrogens with one attached hydrogen (secondary N) is 3. The number of rotatable bonds is 4. The van der Waals surface area contributed by atoms with Crippen molar-refractivity contribution in [2.45, 2.75) is 77.2 Å². The summed E-state index contributed by atoms with van der Waals surface area (Å²) in [4.78, 5) is 64.2. The average molecular weight is 500 g/mol. The van der Waals surface area contributed by atoms with Crippen LogP contribution >= 0.6 is 0 Å².